The van der Waals surface area contributed by atoms with Crippen molar-refractivity contribution in [2.75, 3.05) is 0 Å². The molecule has 3 rings (SSSR count). The first-order valence-electron chi connectivity index (χ1n) is 5.75. The van der Waals surface area contributed by atoms with Crippen molar-refractivity contribution < 1.29 is 9.90 Å². The number of benzene rings is 1. The van der Waals surface area contributed by atoms with Gasteiger partial charge in [0.25, 0.3) is 0 Å². The number of carbonyl (C=O) groups is 1. The number of carboxylic acid groups (broad SMARTS) is 1. The number of thiophene rings is 1. The molecule has 4 heteroatoms. The van der Waals surface area contributed by atoms with Crippen LogP contribution in [0.15, 0.2) is 40.6 Å². The van der Waals surface area contributed by atoms with E-state index in [1.54, 1.807) is 11.3 Å². The van der Waals surface area contributed by atoms with Crippen LogP contribution in [-0.4, -0.2) is 11.1 Å². The fraction of sp³-hybridized carbons (Fsp3) is 0.214. The van der Waals surface area contributed by atoms with E-state index in [1.807, 2.05) is 23.9 Å². The topological polar surface area (TPSA) is 37.3 Å². The summed E-state index contributed by atoms with van der Waals surface area (Å²) in [5.41, 5.74) is 2.44. The van der Waals surface area contributed by atoms with E-state index in [-0.39, 0.29) is 12.3 Å². The lowest BCUT2D eigenvalue weighted by Crippen LogP contribution is -2.08. The first-order chi connectivity index (χ1) is 8.75. The molecule has 0 amide bonds. The van der Waals surface area contributed by atoms with Crippen molar-refractivity contribution in [3.63, 3.8) is 0 Å². The Morgan fingerprint density at radius 2 is 2.17 bits per heavy atom. The number of thioether (sulfide) groups is 1. The minimum Gasteiger partial charge on any atom is -0.481 e. The average molecular weight is 276 g/mol. The van der Waals surface area contributed by atoms with Crippen molar-refractivity contribution in [1.82, 2.24) is 0 Å². The number of hydrogen-bond donors (Lipinski definition) is 1. The van der Waals surface area contributed by atoms with Gasteiger partial charge >= 0.3 is 5.97 Å². The molecule has 0 bridgehead atoms. The molecule has 2 aromatic rings. The van der Waals surface area contributed by atoms with Crippen LogP contribution in [0.3, 0.4) is 0 Å². The van der Waals surface area contributed by atoms with Gasteiger partial charge in [-0.2, -0.15) is 0 Å². The molecule has 1 aromatic heterocycles. The van der Waals surface area contributed by atoms with E-state index in [0.29, 0.717) is 0 Å². The van der Waals surface area contributed by atoms with E-state index in [0.717, 1.165) is 5.75 Å². The normalized spacial score (nSPS) is 17.7. The van der Waals surface area contributed by atoms with Gasteiger partial charge in [0.05, 0.1) is 6.42 Å². The Hall–Kier alpha value is -1.26. The van der Waals surface area contributed by atoms with E-state index in [2.05, 4.69) is 23.6 Å². The van der Waals surface area contributed by atoms with E-state index in [4.69, 9.17) is 5.11 Å². The molecule has 1 aromatic carbocycles. The zero-order chi connectivity index (χ0) is 12.5. The highest BCUT2D eigenvalue weighted by Crippen LogP contribution is 2.44. The van der Waals surface area contributed by atoms with Gasteiger partial charge in [-0.3, -0.25) is 4.79 Å². The van der Waals surface area contributed by atoms with Crippen LogP contribution in [0.1, 0.15) is 28.3 Å². The smallest absolute Gasteiger partial charge is 0.304 e. The number of rotatable bonds is 2. The van der Waals surface area contributed by atoms with Gasteiger partial charge in [0.15, 0.2) is 0 Å². The summed E-state index contributed by atoms with van der Waals surface area (Å²) in [5.74, 6) is 0.195. The van der Waals surface area contributed by atoms with Gasteiger partial charge in [-0.1, -0.05) is 24.3 Å². The summed E-state index contributed by atoms with van der Waals surface area (Å²) in [4.78, 5) is 13.6. The SMILES string of the molecule is O=C(O)CC1c2ccccc2CSc2ccsc21. The highest BCUT2D eigenvalue weighted by molar-refractivity contribution is 7.98. The quantitative estimate of drug-likeness (QED) is 0.902. The van der Waals surface area contributed by atoms with Crippen molar-refractivity contribution in [2.45, 2.75) is 23.0 Å². The third kappa shape index (κ3) is 2.06. The number of carboxylic acids is 1. The third-order valence-corrected chi connectivity index (χ3v) is 5.45. The maximum Gasteiger partial charge on any atom is 0.304 e. The summed E-state index contributed by atoms with van der Waals surface area (Å²) in [5, 5.41) is 11.2. The first kappa shape index (κ1) is 11.8. The molecule has 1 atom stereocenters. The van der Waals surface area contributed by atoms with Gasteiger partial charge < -0.3 is 5.11 Å². The van der Waals surface area contributed by atoms with Crippen molar-refractivity contribution in [2.24, 2.45) is 0 Å². The van der Waals surface area contributed by atoms with E-state index in [9.17, 15) is 4.79 Å². The Kier molecular flexibility index (Phi) is 3.14. The summed E-state index contributed by atoms with van der Waals surface area (Å²) in [6, 6.07) is 10.3. The maximum absolute atomic E-state index is 11.1. The summed E-state index contributed by atoms with van der Waals surface area (Å²) in [7, 11) is 0. The second-order valence-corrected chi connectivity index (χ2v) is 6.25. The third-order valence-electron chi connectivity index (χ3n) is 3.17. The molecule has 92 valence electrons. The van der Waals surface area contributed by atoms with E-state index >= 15 is 0 Å². The Morgan fingerprint density at radius 3 is 3.00 bits per heavy atom. The molecule has 0 saturated carbocycles. The van der Waals surface area contributed by atoms with Gasteiger partial charge in [0.2, 0.25) is 0 Å². The zero-order valence-electron chi connectivity index (χ0n) is 9.63. The standard InChI is InChI=1S/C14H12O2S2/c15-13(16)7-11-10-4-2-1-3-9(10)8-18-12-5-6-17-14(11)12/h1-6,11H,7-8H2,(H,15,16). The minimum atomic E-state index is -0.735. The molecule has 18 heavy (non-hydrogen) atoms. The van der Waals surface area contributed by atoms with Crippen molar-refractivity contribution >= 4 is 29.1 Å². The minimum absolute atomic E-state index is 0.00343. The highest BCUT2D eigenvalue weighted by atomic mass is 32.2. The Bertz CT molecular complexity index is 589. The van der Waals surface area contributed by atoms with Crippen LogP contribution in [0.2, 0.25) is 0 Å². The molecular weight excluding hydrogens is 264 g/mol. The monoisotopic (exact) mass is 276 g/mol. The molecule has 2 heterocycles. The molecule has 0 fully saturated rings. The lowest BCUT2D eigenvalue weighted by atomic mass is 9.91. The summed E-state index contributed by atoms with van der Waals surface area (Å²) >= 11 is 3.48. The van der Waals surface area contributed by atoms with Crippen LogP contribution in [0.4, 0.5) is 0 Å². The van der Waals surface area contributed by atoms with Crippen molar-refractivity contribution in [3.05, 3.63) is 51.7 Å². The molecule has 2 nitrogen and oxygen atoms in total. The molecule has 0 spiro atoms. The van der Waals surface area contributed by atoms with Gasteiger partial charge in [-0.15, -0.1) is 23.1 Å². The Morgan fingerprint density at radius 1 is 1.33 bits per heavy atom. The fourth-order valence-corrected chi connectivity index (χ4v) is 4.70. The molecule has 0 aliphatic carbocycles. The van der Waals surface area contributed by atoms with Crippen LogP contribution in [0.25, 0.3) is 0 Å². The largest absolute Gasteiger partial charge is 0.481 e. The lowest BCUT2D eigenvalue weighted by molar-refractivity contribution is -0.137. The van der Waals surface area contributed by atoms with Gasteiger partial charge in [0.1, 0.15) is 0 Å². The first-order valence-corrected chi connectivity index (χ1v) is 7.62. The van der Waals surface area contributed by atoms with Crippen LogP contribution in [0.5, 0.6) is 0 Å². The molecule has 0 saturated heterocycles. The second-order valence-electron chi connectivity index (χ2n) is 4.29. The van der Waals surface area contributed by atoms with Crippen LogP contribution >= 0.6 is 23.1 Å². The maximum atomic E-state index is 11.1. The molecular formula is C14H12O2S2. The Labute approximate surface area is 114 Å². The molecule has 1 N–H and O–H groups in total. The molecule has 0 radical (unpaired) electrons. The predicted octanol–water partition coefficient (Wildman–Crippen LogP) is 3.96. The second kappa shape index (κ2) is 4.78. The van der Waals surface area contributed by atoms with Gasteiger partial charge in [0, 0.05) is 21.4 Å². The van der Waals surface area contributed by atoms with Crippen molar-refractivity contribution in [1.29, 1.82) is 0 Å². The summed E-state index contributed by atoms with van der Waals surface area (Å²) in [6.45, 7) is 0. The summed E-state index contributed by atoms with van der Waals surface area (Å²) < 4.78 is 0. The zero-order valence-corrected chi connectivity index (χ0v) is 11.3. The fourth-order valence-electron chi connectivity index (χ4n) is 2.36. The van der Waals surface area contributed by atoms with Gasteiger partial charge in [-0.25, -0.2) is 0 Å². The molecule has 1 aliphatic rings. The number of fused-ring (bicyclic) bond motifs is 2. The number of aliphatic carboxylic acids is 1. The number of hydrogen-bond acceptors (Lipinski definition) is 3. The van der Waals surface area contributed by atoms with Crippen LogP contribution in [-0.2, 0) is 10.5 Å². The van der Waals surface area contributed by atoms with E-state index < -0.39 is 5.97 Å². The van der Waals surface area contributed by atoms with E-state index in [1.165, 1.54) is 20.9 Å². The summed E-state index contributed by atoms with van der Waals surface area (Å²) in [6.07, 6.45) is 0.172. The van der Waals surface area contributed by atoms with Crippen LogP contribution in [0, 0.1) is 0 Å². The average Bonchev–Trinajstić information content (AvgIpc) is 2.77. The van der Waals surface area contributed by atoms with Crippen molar-refractivity contribution in [3.8, 4) is 0 Å². The Balaban J connectivity index is 2.13. The molecule has 1 aliphatic heterocycles. The lowest BCUT2D eigenvalue weighted by Gasteiger charge is -2.15. The predicted molar refractivity (Wildman–Crippen MR) is 74.4 cm³/mol. The molecule has 1 unspecified atom stereocenters. The van der Waals surface area contributed by atoms with Crippen LogP contribution < -0.4 is 0 Å². The van der Waals surface area contributed by atoms with Gasteiger partial charge in [-0.05, 0) is 22.6 Å². The highest BCUT2D eigenvalue weighted by Gasteiger charge is 2.26.